The molecule has 0 aliphatic carbocycles. The van der Waals surface area contributed by atoms with Crippen LogP contribution in [-0.2, 0) is 11.3 Å². The van der Waals surface area contributed by atoms with Gasteiger partial charge in [-0.15, -0.1) is 12.4 Å². The zero-order valence-electron chi connectivity index (χ0n) is 11.4. The third-order valence-corrected chi connectivity index (χ3v) is 3.38. The second-order valence-electron chi connectivity index (χ2n) is 4.99. The summed E-state index contributed by atoms with van der Waals surface area (Å²) in [6, 6.07) is 1.82. The van der Waals surface area contributed by atoms with Gasteiger partial charge >= 0.3 is 0 Å². The molecule has 1 aromatic rings. The van der Waals surface area contributed by atoms with Crippen LogP contribution in [0.25, 0.3) is 0 Å². The molecule has 0 radical (unpaired) electrons. The van der Waals surface area contributed by atoms with Crippen LogP contribution in [0, 0.1) is 6.92 Å². The number of halogens is 1. The van der Waals surface area contributed by atoms with Crippen molar-refractivity contribution in [1.29, 1.82) is 0 Å². The topological polar surface area (TPSA) is 66.9 Å². The van der Waals surface area contributed by atoms with E-state index in [1.165, 1.54) is 0 Å². The van der Waals surface area contributed by atoms with Crippen LogP contribution in [-0.4, -0.2) is 28.0 Å². The van der Waals surface area contributed by atoms with E-state index in [2.05, 4.69) is 20.6 Å². The van der Waals surface area contributed by atoms with Crippen molar-refractivity contribution >= 4 is 18.3 Å². The minimum Gasteiger partial charge on any atom is -0.349 e. The van der Waals surface area contributed by atoms with Crippen molar-refractivity contribution in [1.82, 2.24) is 20.6 Å². The van der Waals surface area contributed by atoms with Crippen LogP contribution < -0.4 is 10.6 Å². The molecule has 6 heteroatoms. The quantitative estimate of drug-likeness (QED) is 0.879. The van der Waals surface area contributed by atoms with Crippen LogP contribution in [0.3, 0.4) is 0 Å². The average molecular weight is 285 g/mol. The summed E-state index contributed by atoms with van der Waals surface area (Å²) < 4.78 is 0. The summed E-state index contributed by atoms with van der Waals surface area (Å²) in [6.07, 6.45) is 4.85. The molecule has 0 spiro atoms. The van der Waals surface area contributed by atoms with Gasteiger partial charge in [0.15, 0.2) is 0 Å². The predicted octanol–water partition coefficient (Wildman–Crippen LogP) is 1.36. The first kappa shape index (κ1) is 15.9. The molecule has 1 aromatic heterocycles. The van der Waals surface area contributed by atoms with Crippen LogP contribution in [0.4, 0.5) is 0 Å². The summed E-state index contributed by atoms with van der Waals surface area (Å²) in [4.78, 5) is 20.5. The highest BCUT2D eigenvalue weighted by Gasteiger charge is 2.33. The summed E-state index contributed by atoms with van der Waals surface area (Å²) in [6.45, 7) is 5.18. The molecule has 1 aliphatic heterocycles. The summed E-state index contributed by atoms with van der Waals surface area (Å²) in [5, 5.41) is 6.24. The van der Waals surface area contributed by atoms with Gasteiger partial charge in [0.2, 0.25) is 5.91 Å². The van der Waals surface area contributed by atoms with Gasteiger partial charge in [-0.1, -0.05) is 0 Å². The SMILES string of the molecule is Cc1nccc(CNC(=O)C2(C)CCCCN2)n1.Cl. The Bertz CT molecular complexity index is 432. The van der Waals surface area contributed by atoms with Gasteiger partial charge in [-0.2, -0.15) is 0 Å². The molecule has 0 saturated carbocycles. The van der Waals surface area contributed by atoms with Crippen LogP contribution in [0.1, 0.15) is 37.7 Å². The normalized spacial score (nSPS) is 22.4. The number of amides is 1. The van der Waals surface area contributed by atoms with Crippen LogP contribution in [0.2, 0.25) is 0 Å². The number of nitrogens with zero attached hydrogens (tertiary/aromatic N) is 2. The van der Waals surface area contributed by atoms with E-state index in [1.807, 2.05) is 19.9 Å². The molecular formula is C13H21ClN4O. The Kier molecular flexibility index (Phi) is 5.69. The minimum atomic E-state index is -0.430. The third kappa shape index (κ3) is 4.14. The lowest BCUT2D eigenvalue weighted by Gasteiger charge is -2.33. The van der Waals surface area contributed by atoms with Crippen molar-refractivity contribution in [3.63, 3.8) is 0 Å². The molecule has 1 fully saturated rings. The molecule has 106 valence electrons. The lowest BCUT2D eigenvalue weighted by atomic mass is 9.90. The van der Waals surface area contributed by atoms with E-state index < -0.39 is 5.54 Å². The average Bonchev–Trinajstić information content (AvgIpc) is 2.37. The number of rotatable bonds is 3. The lowest BCUT2D eigenvalue weighted by molar-refractivity contribution is -0.128. The molecule has 2 heterocycles. The Labute approximate surface area is 120 Å². The van der Waals surface area contributed by atoms with Crippen molar-refractivity contribution in [2.45, 2.75) is 45.2 Å². The fraction of sp³-hybridized carbons (Fsp3) is 0.615. The Morgan fingerprint density at radius 1 is 1.53 bits per heavy atom. The first-order valence-corrected chi connectivity index (χ1v) is 6.42. The first-order chi connectivity index (χ1) is 8.60. The van der Waals surface area contributed by atoms with Gasteiger partial charge in [-0.25, -0.2) is 9.97 Å². The van der Waals surface area contributed by atoms with Gasteiger partial charge in [-0.05, 0) is 45.7 Å². The summed E-state index contributed by atoms with van der Waals surface area (Å²) in [5.41, 5.74) is 0.413. The van der Waals surface area contributed by atoms with Gasteiger partial charge in [-0.3, -0.25) is 4.79 Å². The highest BCUT2D eigenvalue weighted by molar-refractivity contribution is 5.86. The molecule has 1 aliphatic rings. The van der Waals surface area contributed by atoms with Crippen LogP contribution in [0.15, 0.2) is 12.3 Å². The number of piperidine rings is 1. The largest absolute Gasteiger partial charge is 0.349 e. The number of aryl methyl sites for hydroxylation is 1. The number of aromatic nitrogens is 2. The summed E-state index contributed by atoms with van der Waals surface area (Å²) in [7, 11) is 0. The molecule has 1 atom stereocenters. The number of hydrogen-bond acceptors (Lipinski definition) is 4. The molecule has 1 saturated heterocycles. The van der Waals surface area contributed by atoms with Crippen molar-refractivity contribution in [3.8, 4) is 0 Å². The molecule has 1 unspecified atom stereocenters. The smallest absolute Gasteiger partial charge is 0.240 e. The van der Waals surface area contributed by atoms with E-state index >= 15 is 0 Å². The third-order valence-electron chi connectivity index (χ3n) is 3.38. The van der Waals surface area contributed by atoms with E-state index in [4.69, 9.17) is 0 Å². The predicted molar refractivity (Wildman–Crippen MR) is 76.1 cm³/mol. The first-order valence-electron chi connectivity index (χ1n) is 6.42. The van der Waals surface area contributed by atoms with E-state index in [0.717, 1.165) is 37.3 Å². The maximum absolute atomic E-state index is 12.2. The summed E-state index contributed by atoms with van der Waals surface area (Å²) >= 11 is 0. The molecule has 2 rings (SSSR count). The van der Waals surface area contributed by atoms with E-state index in [0.29, 0.717) is 6.54 Å². The van der Waals surface area contributed by atoms with Crippen LogP contribution >= 0.6 is 12.4 Å². The fourth-order valence-corrected chi connectivity index (χ4v) is 2.22. The van der Waals surface area contributed by atoms with Gasteiger partial charge in [0.1, 0.15) is 5.82 Å². The van der Waals surface area contributed by atoms with Gasteiger partial charge < -0.3 is 10.6 Å². The molecule has 0 bridgehead atoms. The Morgan fingerprint density at radius 2 is 2.32 bits per heavy atom. The number of hydrogen-bond donors (Lipinski definition) is 2. The van der Waals surface area contributed by atoms with Gasteiger partial charge in [0, 0.05) is 6.20 Å². The second-order valence-corrected chi connectivity index (χ2v) is 4.99. The maximum atomic E-state index is 12.2. The van der Waals surface area contributed by atoms with Crippen molar-refractivity contribution in [2.24, 2.45) is 0 Å². The van der Waals surface area contributed by atoms with E-state index in [9.17, 15) is 4.79 Å². The molecule has 19 heavy (non-hydrogen) atoms. The highest BCUT2D eigenvalue weighted by Crippen LogP contribution is 2.18. The van der Waals surface area contributed by atoms with E-state index in [-0.39, 0.29) is 18.3 Å². The second kappa shape index (κ2) is 6.82. The zero-order chi connectivity index (χ0) is 13.0. The Morgan fingerprint density at radius 3 is 2.95 bits per heavy atom. The maximum Gasteiger partial charge on any atom is 0.240 e. The zero-order valence-corrected chi connectivity index (χ0v) is 12.2. The van der Waals surface area contributed by atoms with Crippen molar-refractivity contribution < 1.29 is 4.79 Å². The molecular weight excluding hydrogens is 264 g/mol. The van der Waals surface area contributed by atoms with Crippen molar-refractivity contribution in [2.75, 3.05) is 6.54 Å². The molecule has 0 aromatic carbocycles. The van der Waals surface area contributed by atoms with Crippen LogP contribution in [0.5, 0.6) is 0 Å². The minimum absolute atomic E-state index is 0. The molecule has 2 N–H and O–H groups in total. The highest BCUT2D eigenvalue weighted by atomic mass is 35.5. The number of carbonyl (C=O) groups is 1. The van der Waals surface area contributed by atoms with Gasteiger partial charge in [0.05, 0.1) is 17.8 Å². The Balaban J connectivity index is 0.00000180. The Hall–Kier alpha value is -1.20. The number of nitrogens with one attached hydrogen (secondary N) is 2. The monoisotopic (exact) mass is 284 g/mol. The fourth-order valence-electron chi connectivity index (χ4n) is 2.22. The standard InChI is InChI=1S/C13H20N4O.ClH/c1-10-14-8-5-11(17-10)9-15-12(18)13(2)6-3-4-7-16-13;/h5,8,16H,3-4,6-7,9H2,1-2H3,(H,15,18);1H. The molecule has 1 amide bonds. The molecule has 5 nitrogen and oxygen atoms in total. The van der Waals surface area contributed by atoms with E-state index in [1.54, 1.807) is 6.20 Å². The summed E-state index contributed by atoms with van der Waals surface area (Å²) in [5.74, 6) is 0.780. The van der Waals surface area contributed by atoms with Crippen molar-refractivity contribution in [3.05, 3.63) is 23.8 Å². The number of carbonyl (C=O) groups excluding carboxylic acids is 1. The van der Waals surface area contributed by atoms with Gasteiger partial charge in [0.25, 0.3) is 0 Å². The lowest BCUT2D eigenvalue weighted by Crippen LogP contribution is -2.56.